The Morgan fingerprint density at radius 3 is 2.94 bits per heavy atom. The first-order chi connectivity index (χ1) is 8.61. The molecule has 18 heavy (non-hydrogen) atoms. The highest BCUT2D eigenvalue weighted by Gasteiger charge is 2.38. The summed E-state index contributed by atoms with van der Waals surface area (Å²) in [5.74, 6) is 0.468. The van der Waals surface area contributed by atoms with Crippen LogP contribution in [0.15, 0.2) is 24.3 Å². The fraction of sp³-hybridized carbons (Fsp3) is 0.417. The van der Waals surface area contributed by atoms with Crippen LogP contribution in [0.4, 0.5) is 0 Å². The van der Waals surface area contributed by atoms with E-state index < -0.39 is 12.1 Å². The van der Waals surface area contributed by atoms with Crippen LogP contribution < -0.4 is 10.1 Å². The normalized spacial score (nSPS) is 23.3. The second-order valence-corrected chi connectivity index (χ2v) is 4.21. The Morgan fingerprint density at radius 1 is 1.50 bits per heavy atom. The molecule has 6 heteroatoms. The van der Waals surface area contributed by atoms with Crippen LogP contribution in [0.3, 0.4) is 0 Å². The first kappa shape index (κ1) is 12.3. The lowest BCUT2D eigenvalue weighted by atomic mass is 9.92. The predicted octanol–water partition coefficient (Wildman–Crippen LogP) is 1.29. The van der Waals surface area contributed by atoms with Crippen molar-refractivity contribution in [3.05, 3.63) is 39.9 Å². The van der Waals surface area contributed by atoms with Gasteiger partial charge < -0.3 is 10.1 Å². The van der Waals surface area contributed by atoms with Crippen molar-refractivity contribution >= 4 is 5.91 Å². The lowest BCUT2D eigenvalue weighted by molar-refractivity contribution is -0.529. The molecule has 2 atom stereocenters. The van der Waals surface area contributed by atoms with Crippen LogP contribution in [0.25, 0.3) is 0 Å². The Hall–Kier alpha value is -2.11. The van der Waals surface area contributed by atoms with Gasteiger partial charge in [-0.15, -0.1) is 0 Å². The van der Waals surface area contributed by atoms with E-state index in [-0.39, 0.29) is 23.7 Å². The van der Waals surface area contributed by atoms with E-state index in [1.54, 1.807) is 24.3 Å². The van der Waals surface area contributed by atoms with Gasteiger partial charge in [0.05, 0.1) is 7.11 Å². The fourth-order valence-corrected chi connectivity index (χ4v) is 2.16. The SMILES string of the molecule is COc1cccc([C@H]2NC(=O)CC[C@H]2[N+](=O)[O-])c1. The van der Waals surface area contributed by atoms with Crippen molar-refractivity contribution in [3.63, 3.8) is 0 Å². The monoisotopic (exact) mass is 250 g/mol. The van der Waals surface area contributed by atoms with E-state index in [9.17, 15) is 14.9 Å². The highest BCUT2D eigenvalue weighted by atomic mass is 16.6. The number of piperidine rings is 1. The van der Waals surface area contributed by atoms with Gasteiger partial charge in [-0.2, -0.15) is 0 Å². The number of hydrogen-bond donors (Lipinski definition) is 1. The molecule has 1 N–H and O–H groups in total. The Labute approximate surface area is 104 Å². The smallest absolute Gasteiger partial charge is 0.237 e. The Kier molecular flexibility index (Phi) is 3.45. The van der Waals surface area contributed by atoms with E-state index in [0.717, 1.165) is 0 Å². The Balaban J connectivity index is 2.31. The van der Waals surface area contributed by atoms with E-state index in [0.29, 0.717) is 11.3 Å². The van der Waals surface area contributed by atoms with Crippen LogP contribution in [0, 0.1) is 10.1 Å². The van der Waals surface area contributed by atoms with Crippen LogP contribution in [0.1, 0.15) is 24.4 Å². The number of rotatable bonds is 3. The molecule has 0 bridgehead atoms. The van der Waals surface area contributed by atoms with E-state index in [2.05, 4.69) is 5.32 Å². The van der Waals surface area contributed by atoms with E-state index >= 15 is 0 Å². The van der Waals surface area contributed by atoms with Gasteiger partial charge in [0.1, 0.15) is 11.8 Å². The van der Waals surface area contributed by atoms with Gasteiger partial charge in [-0.3, -0.25) is 14.9 Å². The summed E-state index contributed by atoms with van der Waals surface area (Å²) < 4.78 is 5.09. The third-order valence-electron chi connectivity index (χ3n) is 3.09. The Morgan fingerprint density at radius 2 is 2.28 bits per heavy atom. The number of carbonyl (C=O) groups is 1. The highest BCUT2D eigenvalue weighted by Crippen LogP contribution is 2.28. The molecular weight excluding hydrogens is 236 g/mol. The molecule has 1 aromatic carbocycles. The summed E-state index contributed by atoms with van der Waals surface area (Å²) in [5, 5.41) is 13.7. The molecule has 0 spiro atoms. The summed E-state index contributed by atoms with van der Waals surface area (Å²) in [6, 6.07) is 5.62. The number of benzene rings is 1. The molecule has 6 nitrogen and oxygen atoms in total. The van der Waals surface area contributed by atoms with Gasteiger partial charge >= 0.3 is 0 Å². The van der Waals surface area contributed by atoms with Gasteiger partial charge in [-0.1, -0.05) is 12.1 Å². The molecule has 1 amide bonds. The standard InChI is InChI=1S/C12H14N2O4/c1-18-9-4-2-3-8(7-9)12-10(14(16)17)5-6-11(15)13-12/h2-4,7,10,12H,5-6H2,1H3,(H,13,15)/t10-,12-/m1/s1. The number of nitrogens with one attached hydrogen (secondary N) is 1. The van der Waals surface area contributed by atoms with Crippen LogP contribution in [-0.4, -0.2) is 24.0 Å². The summed E-state index contributed by atoms with van der Waals surface area (Å²) >= 11 is 0. The zero-order valence-corrected chi connectivity index (χ0v) is 9.96. The minimum Gasteiger partial charge on any atom is -0.497 e. The van der Waals surface area contributed by atoms with E-state index in [1.807, 2.05) is 0 Å². The molecule has 0 saturated carbocycles. The molecule has 1 fully saturated rings. The number of nitrogens with zero attached hydrogens (tertiary/aromatic N) is 1. The summed E-state index contributed by atoms with van der Waals surface area (Å²) in [7, 11) is 1.53. The zero-order chi connectivity index (χ0) is 13.1. The molecule has 0 radical (unpaired) electrons. The van der Waals surface area contributed by atoms with Crippen molar-refractivity contribution in [2.45, 2.75) is 24.9 Å². The summed E-state index contributed by atoms with van der Waals surface area (Å²) in [5.41, 5.74) is 0.698. The van der Waals surface area contributed by atoms with Crippen molar-refractivity contribution in [1.29, 1.82) is 0 Å². The molecule has 0 aromatic heterocycles. The number of nitro groups is 1. The van der Waals surface area contributed by atoms with Crippen molar-refractivity contribution in [2.24, 2.45) is 0 Å². The number of hydrogen-bond acceptors (Lipinski definition) is 4. The molecule has 0 unspecified atom stereocenters. The third-order valence-corrected chi connectivity index (χ3v) is 3.09. The van der Waals surface area contributed by atoms with Crippen LogP contribution in [-0.2, 0) is 4.79 Å². The molecule has 1 aromatic rings. The van der Waals surface area contributed by atoms with Gasteiger partial charge in [-0.25, -0.2) is 0 Å². The Bertz CT molecular complexity index is 475. The van der Waals surface area contributed by atoms with Crippen molar-refractivity contribution in [3.8, 4) is 5.75 Å². The molecule has 1 saturated heterocycles. The maximum Gasteiger partial charge on any atom is 0.237 e. The maximum absolute atomic E-state index is 11.4. The highest BCUT2D eigenvalue weighted by molar-refractivity contribution is 5.77. The summed E-state index contributed by atoms with van der Waals surface area (Å²) in [6.45, 7) is 0. The largest absolute Gasteiger partial charge is 0.497 e. The number of carbonyl (C=O) groups excluding carboxylic acids is 1. The second-order valence-electron chi connectivity index (χ2n) is 4.21. The maximum atomic E-state index is 11.4. The van der Waals surface area contributed by atoms with E-state index in [4.69, 9.17) is 4.74 Å². The molecule has 1 aliphatic rings. The van der Waals surface area contributed by atoms with Gasteiger partial charge in [0.2, 0.25) is 11.9 Å². The third kappa shape index (κ3) is 2.42. The average molecular weight is 250 g/mol. The van der Waals surface area contributed by atoms with Crippen molar-refractivity contribution in [1.82, 2.24) is 5.32 Å². The van der Waals surface area contributed by atoms with Crippen molar-refractivity contribution < 1.29 is 14.5 Å². The van der Waals surface area contributed by atoms with Gasteiger partial charge in [-0.05, 0) is 17.7 Å². The lowest BCUT2D eigenvalue weighted by Crippen LogP contribution is -2.45. The minimum atomic E-state index is -0.783. The molecule has 2 rings (SSSR count). The molecular formula is C12H14N2O4. The first-order valence-electron chi connectivity index (χ1n) is 5.68. The topological polar surface area (TPSA) is 81.5 Å². The van der Waals surface area contributed by atoms with Crippen LogP contribution in [0.2, 0.25) is 0 Å². The van der Waals surface area contributed by atoms with Crippen molar-refractivity contribution in [2.75, 3.05) is 7.11 Å². The molecule has 1 heterocycles. The number of ether oxygens (including phenoxy) is 1. The van der Waals surface area contributed by atoms with Gasteiger partial charge in [0, 0.05) is 17.8 Å². The lowest BCUT2D eigenvalue weighted by Gasteiger charge is -2.26. The predicted molar refractivity (Wildman–Crippen MR) is 63.9 cm³/mol. The summed E-state index contributed by atoms with van der Waals surface area (Å²) in [4.78, 5) is 22.1. The quantitative estimate of drug-likeness (QED) is 0.647. The molecule has 1 aliphatic heterocycles. The van der Waals surface area contributed by atoms with E-state index in [1.165, 1.54) is 7.11 Å². The van der Waals surface area contributed by atoms with Gasteiger partial charge in [0.25, 0.3) is 0 Å². The molecule has 0 aliphatic carbocycles. The molecule has 96 valence electrons. The summed E-state index contributed by atoms with van der Waals surface area (Å²) in [6.07, 6.45) is 0.465. The second kappa shape index (κ2) is 5.03. The van der Waals surface area contributed by atoms with Crippen LogP contribution >= 0.6 is 0 Å². The number of methoxy groups -OCH3 is 1. The fourth-order valence-electron chi connectivity index (χ4n) is 2.16. The first-order valence-corrected chi connectivity index (χ1v) is 5.68. The minimum absolute atomic E-state index is 0.152. The number of amides is 1. The van der Waals surface area contributed by atoms with Gasteiger partial charge in [0.15, 0.2) is 0 Å². The average Bonchev–Trinajstić information content (AvgIpc) is 2.38. The zero-order valence-electron chi connectivity index (χ0n) is 9.96. The van der Waals surface area contributed by atoms with Crippen LogP contribution in [0.5, 0.6) is 5.75 Å².